The van der Waals surface area contributed by atoms with Gasteiger partial charge in [-0.1, -0.05) is 24.3 Å². The number of carbonyl (C=O) groups is 3. The van der Waals surface area contributed by atoms with Crippen molar-refractivity contribution < 1.29 is 36.3 Å². The lowest BCUT2D eigenvalue weighted by atomic mass is 10.0. The molecule has 4 aromatic carbocycles. The minimum Gasteiger partial charge on any atom is -0.352 e. The number of nitriles is 1. The van der Waals surface area contributed by atoms with Crippen LogP contribution < -0.4 is 20.7 Å². The molecule has 0 radical (unpaired) electrons. The second kappa shape index (κ2) is 16.8. The third kappa shape index (κ3) is 8.43. The highest BCUT2D eigenvalue weighted by Gasteiger charge is 2.51. The topological polar surface area (TPSA) is 146 Å². The molecule has 7 rings (SSSR count). The van der Waals surface area contributed by atoms with E-state index in [1.165, 1.54) is 55.1 Å². The van der Waals surface area contributed by atoms with Gasteiger partial charge >= 0.3 is 6.18 Å². The minimum atomic E-state index is -4.87. The average Bonchev–Trinajstić information content (AvgIpc) is 3.42. The van der Waals surface area contributed by atoms with Crippen LogP contribution in [0.5, 0.6) is 0 Å². The highest BCUT2D eigenvalue weighted by Crippen LogP contribution is 2.40. The summed E-state index contributed by atoms with van der Waals surface area (Å²) >= 11 is 5.52. The summed E-state index contributed by atoms with van der Waals surface area (Å²) in [4.78, 5) is 58.0. The van der Waals surface area contributed by atoms with Crippen LogP contribution >= 0.6 is 12.2 Å². The standard InChI is InChI=1S/C43H37F5N8O4S/c1-42(2)40(60)55(27-10-9-26(24-49)33(22-27)43(46,47)48)41(61)56(42)28-11-12-31(35(45)23-28)37(57)50-14-5-15-53-16-18-54(19-17-53)39(59)32-20-25(8-13-34(32)44)21-36-29-6-3-4-7-30(29)38(58)52-51-36/h3-4,6-13,20,22-23H,5,14-19,21H2,1-2H3,(H,50,57)(H,52,58). The van der Waals surface area contributed by atoms with Crippen molar-refractivity contribution in [2.45, 2.75) is 38.4 Å². The molecule has 3 amide bonds. The first-order valence-electron chi connectivity index (χ1n) is 19.1. The number of anilines is 2. The van der Waals surface area contributed by atoms with E-state index in [9.17, 15) is 42.0 Å². The summed E-state index contributed by atoms with van der Waals surface area (Å²) in [6.45, 7) is 5.42. The Morgan fingerprint density at radius 2 is 1.61 bits per heavy atom. The molecule has 12 nitrogen and oxygen atoms in total. The Morgan fingerprint density at radius 1 is 0.902 bits per heavy atom. The molecule has 314 valence electrons. The summed E-state index contributed by atoms with van der Waals surface area (Å²) in [5.41, 5.74) is -2.85. The van der Waals surface area contributed by atoms with Crippen molar-refractivity contribution in [3.05, 3.63) is 134 Å². The van der Waals surface area contributed by atoms with E-state index in [1.807, 2.05) is 0 Å². The molecular formula is C43H37F5N8O4S. The number of benzene rings is 4. The molecule has 1 aromatic heterocycles. The van der Waals surface area contributed by atoms with Crippen molar-refractivity contribution in [1.82, 2.24) is 25.3 Å². The van der Waals surface area contributed by atoms with Gasteiger partial charge < -0.3 is 15.1 Å². The van der Waals surface area contributed by atoms with Gasteiger partial charge in [-0.2, -0.15) is 23.5 Å². The summed E-state index contributed by atoms with van der Waals surface area (Å²) in [5, 5.41) is 19.5. The minimum absolute atomic E-state index is 0.0592. The Labute approximate surface area is 351 Å². The Hall–Kier alpha value is -6.58. The van der Waals surface area contributed by atoms with Gasteiger partial charge in [0.1, 0.15) is 17.2 Å². The van der Waals surface area contributed by atoms with Gasteiger partial charge in [0, 0.05) is 50.2 Å². The van der Waals surface area contributed by atoms with Gasteiger partial charge in [0.25, 0.3) is 23.3 Å². The van der Waals surface area contributed by atoms with Crippen molar-refractivity contribution in [3.63, 3.8) is 0 Å². The highest BCUT2D eigenvalue weighted by molar-refractivity contribution is 7.81. The van der Waals surface area contributed by atoms with Gasteiger partial charge in [0.15, 0.2) is 5.11 Å². The Balaban J connectivity index is 0.913. The molecule has 2 saturated heterocycles. The number of H-pyrrole nitrogens is 1. The normalized spacial score (nSPS) is 15.7. The molecule has 0 spiro atoms. The molecule has 0 unspecified atom stereocenters. The predicted molar refractivity (Wildman–Crippen MR) is 220 cm³/mol. The van der Waals surface area contributed by atoms with Crippen molar-refractivity contribution in [2.24, 2.45) is 0 Å². The van der Waals surface area contributed by atoms with Crippen molar-refractivity contribution in [2.75, 3.05) is 49.1 Å². The largest absolute Gasteiger partial charge is 0.417 e. The SMILES string of the molecule is CC1(C)C(=O)N(c2ccc(C#N)c(C(F)(F)F)c2)C(=S)N1c1ccc(C(=O)NCCCN2CCN(C(=O)c3cc(Cc4n[nH]c(=O)c5ccccc45)ccc3F)CC2)c(F)c1. The fourth-order valence-corrected chi connectivity index (χ4v) is 8.10. The fraction of sp³-hybridized carbons (Fsp3) is 0.279. The Bertz CT molecular complexity index is 2690. The van der Waals surface area contributed by atoms with E-state index < -0.39 is 52.2 Å². The number of amides is 3. The number of aromatic nitrogens is 2. The molecule has 0 bridgehead atoms. The lowest BCUT2D eigenvalue weighted by Gasteiger charge is -2.35. The van der Waals surface area contributed by atoms with E-state index in [0.29, 0.717) is 67.2 Å². The number of hydrogen-bond acceptors (Lipinski definition) is 8. The van der Waals surface area contributed by atoms with Crippen molar-refractivity contribution in [3.8, 4) is 6.07 Å². The van der Waals surface area contributed by atoms with E-state index in [0.717, 1.165) is 17.0 Å². The summed E-state index contributed by atoms with van der Waals surface area (Å²) in [5.74, 6) is -3.37. The van der Waals surface area contributed by atoms with Crippen LogP contribution in [-0.4, -0.2) is 87.6 Å². The second-order valence-electron chi connectivity index (χ2n) is 15.1. The van der Waals surface area contributed by atoms with Crippen LogP contribution in [0.25, 0.3) is 10.8 Å². The van der Waals surface area contributed by atoms with Gasteiger partial charge in [-0.3, -0.25) is 29.0 Å². The number of rotatable bonds is 10. The van der Waals surface area contributed by atoms with E-state index >= 15 is 4.39 Å². The Morgan fingerprint density at radius 3 is 2.30 bits per heavy atom. The maximum atomic E-state index is 15.5. The fourth-order valence-electron chi connectivity index (χ4n) is 7.58. The number of hydrogen-bond donors (Lipinski definition) is 2. The number of carbonyl (C=O) groups excluding carboxylic acids is 3. The second-order valence-corrected chi connectivity index (χ2v) is 15.5. The van der Waals surface area contributed by atoms with Crippen LogP contribution in [-0.2, 0) is 17.4 Å². The molecule has 2 N–H and O–H groups in total. The van der Waals surface area contributed by atoms with Gasteiger partial charge in [-0.05, 0) is 99.2 Å². The van der Waals surface area contributed by atoms with Crippen LogP contribution in [0.3, 0.4) is 0 Å². The lowest BCUT2D eigenvalue weighted by molar-refractivity contribution is -0.137. The summed E-state index contributed by atoms with van der Waals surface area (Å²) in [6, 6.07) is 19.3. The van der Waals surface area contributed by atoms with Gasteiger partial charge in [0.2, 0.25) is 0 Å². The predicted octanol–water partition coefficient (Wildman–Crippen LogP) is 6.18. The number of thiocarbonyl (C=S) groups is 1. The first-order chi connectivity index (χ1) is 29.0. The third-order valence-corrected chi connectivity index (χ3v) is 11.2. The first-order valence-corrected chi connectivity index (χ1v) is 19.5. The summed E-state index contributed by atoms with van der Waals surface area (Å²) in [6.07, 6.45) is -4.10. The average molecular weight is 857 g/mol. The highest BCUT2D eigenvalue weighted by atomic mass is 32.1. The number of nitrogens with one attached hydrogen (secondary N) is 2. The molecule has 61 heavy (non-hydrogen) atoms. The molecule has 5 aromatic rings. The number of alkyl halides is 3. The molecule has 3 heterocycles. The lowest BCUT2D eigenvalue weighted by Crippen LogP contribution is -2.49. The van der Waals surface area contributed by atoms with Gasteiger partial charge in [0.05, 0.1) is 45.1 Å². The number of aromatic amines is 1. The van der Waals surface area contributed by atoms with Crippen LogP contribution in [0.1, 0.15) is 63.4 Å². The number of nitrogens with zero attached hydrogens (tertiary/aromatic N) is 6. The maximum absolute atomic E-state index is 15.5. The molecule has 2 fully saturated rings. The monoisotopic (exact) mass is 856 g/mol. The van der Waals surface area contributed by atoms with E-state index in [-0.39, 0.29) is 46.1 Å². The van der Waals surface area contributed by atoms with Crippen LogP contribution in [0.2, 0.25) is 0 Å². The summed E-state index contributed by atoms with van der Waals surface area (Å²) in [7, 11) is 0. The maximum Gasteiger partial charge on any atom is 0.417 e. The smallest absolute Gasteiger partial charge is 0.352 e. The third-order valence-electron chi connectivity index (χ3n) is 10.8. The van der Waals surface area contributed by atoms with Crippen LogP contribution in [0, 0.1) is 23.0 Å². The number of piperazine rings is 1. The van der Waals surface area contributed by atoms with E-state index in [2.05, 4.69) is 20.4 Å². The molecular weight excluding hydrogens is 820 g/mol. The van der Waals surface area contributed by atoms with E-state index in [1.54, 1.807) is 35.2 Å². The zero-order valence-corrected chi connectivity index (χ0v) is 33.6. The molecule has 2 aliphatic rings. The quantitative estimate of drug-likeness (QED) is 0.0957. The molecule has 0 saturated carbocycles. The molecule has 0 atom stereocenters. The van der Waals surface area contributed by atoms with Crippen LogP contribution in [0.4, 0.5) is 33.3 Å². The molecule has 0 aliphatic carbocycles. The van der Waals surface area contributed by atoms with Crippen molar-refractivity contribution >= 4 is 57.2 Å². The van der Waals surface area contributed by atoms with Gasteiger partial charge in [-0.25, -0.2) is 13.9 Å². The zero-order chi connectivity index (χ0) is 43.8. The van der Waals surface area contributed by atoms with Gasteiger partial charge in [-0.15, -0.1) is 0 Å². The molecule has 2 aliphatic heterocycles. The summed E-state index contributed by atoms with van der Waals surface area (Å²) < 4.78 is 71.6. The number of fused-ring (bicyclic) bond motifs is 1. The van der Waals surface area contributed by atoms with Crippen molar-refractivity contribution in [1.29, 1.82) is 5.26 Å². The molecule has 18 heteroatoms. The first kappa shape index (κ1) is 42.5. The zero-order valence-electron chi connectivity index (χ0n) is 32.8. The van der Waals surface area contributed by atoms with E-state index in [4.69, 9.17) is 12.2 Å². The number of halogens is 5. The van der Waals surface area contributed by atoms with Crippen LogP contribution in [0.15, 0.2) is 83.7 Å². The Kier molecular flexibility index (Phi) is 11.7.